The van der Waals surface area contributed by atoms with Gasteiger partial charge in [-0.1, -0.05) is 12.1 Å². The van der Waals surface area contributed by atoms with E-state index in [4.69, 9.17) is 4.74 Å². The van der Waals surface area contributed by atoms with Gasteiger partial charge in [0, 0.05) is 19.1 Å². The van der Waals surface area contributed by atoms with Crippen LogP contribution in [0.4, 0.5) is 10.5 Å². The second-order valence-electron chi connectivity index (χ2n) is 6.73. The first kappa shape index (κ1) is 17.1. The molecule has 1 aromatic carbocycles. The van der Waals surface area contributed by atoms with Crippen molar-refractivity contribution in [3.63, 3.8) is 0 Å². The maximum atomic E-state index is 11.8. The molecule has 0 spiro atoms. The van der Waals surface area contributed by atoms with Gasteiger partial charge >= 0.3 is 12.1 Å². The van der Waals surface area contributed by atoms with Gasteiger partial charge in [0.2, 0.25) is 0 Å². The molecule has 126 valence electrons. The predicted molar refractivity (Wildman–Crippen MR) is 88.0 cm³/mol. The molecular formula is C17H24N2O4. The monoisotopic (exact) mass is 320 g/mol. The van der Waals surface area contributed by atoms with Crippen molar-refractivity contribution in [3.05, 3.63) is 29.8 Å². The van der Waals surface area contributed by atoms with E-state index in [9.17, 15) is 14.7 Å². The quantitative estimate of drug-likeness (QED) is 0.895. The van der Waals surface area contributed by atoms with Gasteiger partial charge in [-0.2, -0.15) is 0 Å². The lowest BCUT2D eigenvalue weighted by atomic mass is 10.0. The fourth-order valence-corrected chi connectivity index (χ4v) is 2.67. The summed E-state index contributed by atoms with van der Waals surface area (Å²) in [6.07, 6.45) is 1.11. The lowest BCUT2D eigenvalue weighted by Crippen LogP contribution is -2.46. The number of anilines is 1. The molecule has 0 saturated carbocycles. The summed E-state index contributed by atoms with van der Waals surface area (Å²) in [6, 6.07) is 7.06. The molecule has 6 heteroatoms. The number of nitrogens with zero attached hydrogens (tertiary/aromatic N) is 1. The zero-order valence-corrected chi connectivity index (χ0v) is 13.8. The maximum Gasteiger partial charge on any atom is 0.407 e. The van der Waals surface area contributed by atoms with Gasteiger partial charge in [0.25, 0.3) is 0 Å². The number of hydrogen-bond acceptors (Lipinski definition) is 4. The molecule has 1 saturated heterocycles. The number of benzene rings is 1. The fraction of sp³-hybridized carbons (Fsp3) is 0.529. The summed E-state index contributed by atoms with van der Waals surface area (Å²) in [4.78, 5) is 25.2. The Kier molecular flexibility index (Phi) is 5.13. The molecule has 0 aromatic heterocycles. The van der Waals surface area contributed by atoms with Crippen LogP contribution in [0.2, 0.25) is 0 Å². The van der Waals surface area contributed by atoms with Gasteiger partial charge in [-0.25, -0.2) is 9.59 Å². The number of carbonyl (C=O) groups is 2. The highest BCUT2D eigenvalue weighted by Crippen LogP contribution is 2.24. The molecule has 1 heterocycles. The van der Waals surface area contributed by atoms with E-state index in [-0.39, 0.29) is 6.04 Å². The van der Waals surface area contributed by atoms with Crippen LogP contribution >= 0.6 is 0 Å². The Hall–Kier alpha value is -2.24. The Balaban J connectivity index is 1.92. The molecule has 1 aromatic rings. The Morgan fingerprint density at radius 3 is 2.39 bits per heavy atom. The lowest BCUT2D eigenvalue weighted by Gasteiger charge is -2.34. The van der Waals surface area contributed by atoms with E-state index < -0.39 is 17.7 Å². The van der Waals surface area contributed by atoms with Crippen LogP contribution in [0.1, 0.15) is 44.0 Å². The number of carboxylic acid groups (broad SMARTS) is 1. The number of carbonyl (C=O) groups excluding carboxylic acids is 1. The number of ether oxygens (including phenoxy) is 1. The van der Waals surface area contributed by atoms with Crippen LogP contribution < -0.4 is 10.2 Å². The number of amides is 1. The average Bonchev–Trinajstić information content (AvgIpc) is 2.46. The molecule has 1 aliphatic heterocycles. The van der Waals surface area contributed by atoms with E-state index in [1.807, 2.05) is 32.9 Å². The molecule has 1 aliphatic rings. The topological polar surface area (TPSA) is 78.9 Å². The molecule has 2 rings (SSSR count). The zero-order valence-electron chi connectivity index (χ0n) is 13.8. The second-order valence-corrected chi connectivity index (χ2v) is 6.73. The van der Waals surface area contributed by atoms with Gasteiger partial charge in [-0.3, -0.25) is 0 Å². The van der Waals surface area contributed by atoms with Crippen LogP contribution in [0.5, 0.6) is 0 Å². The highest BCUT2D eigenvalue weighted by atomic mass is 16.6. The smallest absolute Gasteiger partial charge is 0.407 e. The van der Waals surface area contributed by atoms with Crippen molar-refractivity contribution in [1.82, 2.24) is 5.32 Å². The Morgan fingerprint density at radius 1 is 1.22 bits per heavy atom. The van der Waals surface area contributed by atoms with Crippen molar-refractivity contribution in [2.75, 3.05) is 18.0 Å². The second kappa shape index (κ2) is 6.89. The van der Waals surface area contributed by atoms with E-state index in [1.165, 1.54) is 0 Å². The van der Waals surface area contributed by atoms with Crippen molar-refractivity contribution < 1.29 is 19.4 Å². The normalized spacial score (nSPS) is 16.0. The van der Waals surface area contributed by atoms with Crippen molar-refractivity contribution in [2.45, 2.75) is 45.3 Å². The van der Waals surface area contributed by atoms with Gasteiger partial charge in [0.1, 0.15) is 5.60 Å². The first-order chi connectivity index (χ1) is 10.8. The molecule has 2 N–H and O–H groups in total. The maximum absolute atomic E-state index is 11.8. The number of aromatic carboxylic acids is 1. The number of alkyl carbamates (subject to hydrolysis) is 1. The fourth-order valence-electron chi connectivity index (χ4n) is 2.67. The minimum atomic E-state index is -0.922. The SMILES string of the molecule is CC(C)(C)OC(=O)NC1CCN(c2ccccc2C(=O)O)CC1. The summed E-state index contributed by atoms with van der Waals surface area (Å²) in [6.45, 7) is 6.89. The Labute approximate surface area is 136 Å². The molecule has 1 fully saturated rings. The Morgan fingerprint density at radius 2 is 1.83 bits per heavy atom. The van der Waals surface area contributed by atoms with Crippen LogP contribution in [-0.4, -0.2) is 41.9 Å². The van der Waals surface area contributed by atoms with Crippen LogP contribution in [0.3, 0.4) is 0 Å². The first-order valence-corrected chi connectivity index (χ1v) is 7.83. The highest BCUT2D eigenvalue weighted by Gasteiger charge is 2.25. The van der Waals surface area contributed by atoms with E-state index in [0.717, 1.165) is 18.5 Å². The summed E-state index contributed by atoms with van der Waals surface area (Å²) >= 11 is 0. The summed E-state index contributed by atoms with van der Waals surface area (Å²) in [5.41, 5.74) is 0.535. The van der Waals surface area contributed by atoms with E-state index in [1.54, 1.807) is 12.1 Å². The van der Waals surface area contributed by atoms with Crippen LogP contribution in [0.25, 0.3) is 0 Å². The van der Waals surface area contributed by atoms with E-state index >= 15 is 0 Å². The first-order valence-electron chi connectivity index (χ1n) is 7.83. The van der Waals surface area contributed by atoms with Crippen LogP contribution in [-0.2, 0) is 4.74 Å². The van der Waals surface area contributed by atoms with Gasteiger partial charge < -0.3 is 20.1 Å². The van der Waals surface area contributed by atoms with Crippen LogP contribution in [0, 0.1) is 0 Å². The zero-order chi connectivity index (χ0) is 17.0. The van der Waals surface area contributed by atoms with Gasteiger partial charge in [-0.15, -0.1) is 0 Å². The van der Waals surface area contributed by atoms with E-state index in [0.29, 0.717) is 18.7 Å². The molecule has 0 radical (unpaired) electrons. The number of nitrogens with one attached hydrogen (secondary N) is 1. The number of para-hydroxylation sites is 1. The summed E-state index contributed by atoms with van der Waals surface area (Å²) in [5.74, 6) is -0.922. The minimum absolute atomic E-state index is 0.0538. The number of carboxylic acids is 1. The minimum Gasteiger partial charge on any atom is -0.478 e. The lowest BCUT2D eigenvalue weighted by molar-refractivity contribution is 0.0497. The molecule has 0 atom stereocenters. The molecule has 0 aliphatic carbocycles. The third-order valence-corrected chi connectivity index (χ3v) is 3.69. The molecular weight excluding hydrogens is 296 g/mol. The van der Waals surface area contributed by atoms with Gasteiger partial charge in [0.05, 0.1) is 11.3 Å². The van der Waals surface area contributed by atoms with Crippen LogP contribution in [0.15, 0.2) is 24.3 Å². The number of rotatable bonds is 3. The predicted octanol–water partition coefficient (Wildman–Crippen LogP) is 2.88. The Bertz CT molecular complexity index is 572. The molecule has 23 heavy (non-hydrogen) atoms. The molecule has 6 nitrogen and oxygen atoms in total. The van der Waals surface area contributed by atoms with Crippen molar-refractivity contribution in [1.29, 1.82) is 0 Å². The molecule has 0 unspecified atom stereocenters. The largest absolute Gasteiger partial charge is 0.478 e. The average molecular weight is 320 g/mol. The third kappa shape index (κ3) is 4.87. The third-order valence-electron chi connectivity index (χ3n) is 3.69. The summed E-state index contributed by atoms with van der Waals surface area (Å²) in [5, 5.41) is 12.2. The van der Waals surface area contributed by atoms with Gasteiger partial charge in [-0.05, 0) is 45.7 Å². The van der Waals surface area contributed by atoms with Crippen molar-refractivity contribution in [2.24, 2.45) is 0 Å². The number of hydrogen-bond donors (Lipinski definition) is 2. The highest BCUT2D eigenvalue weighted by molar-refractivity contribution is 5.94. The van der Waals surface area contributed by atoms with E-state index in [2.05, 4.69) is 10.2 Å². The number of piperidine rings is 1. The molecule has 1 amide bonds. The summed E-state index contributed by atoms with van der Waals surface area (Å²) in [7, 11) is 0. The molecule has 0 bridgehead atoms. The van der Waals surface area contributed by atoms with Crippen molar-refractivity contribution in [3.8, 4) is 0 Å². The van der Waals surface area contributed by atoms with Gasteiger partial charge in [0.15, 0.2) is 0 Å². The summed E-state index contributed by atoms with van der Waals surface area (Å²) < 4.78 is 5.26. The standard InChI is InChI=1S/C17H24N2O4/c1-17(2,3)23-16(22)18-12-8-10-19(11-9-12)14-7-5-4-6-13(14)15(20)21/h4-7,12H,8-11H2,1-3H3,(H,18,22)(H,20,21). The van der Waals surface area contributed by atoms with Crippen molar-refractivity contribution >= 4 is 17.7 Å².